The number of nitrogens with zero attached hydrogens (tertiary/aromatic N) is 4. The molecule has 1 atom stereocenters. The topological polar surface area (TPSA) is 106 Å². The Balaban J connectivity index is 1.60. The molecule has 1 fully saturated rings. The Hall–Kier alpha value is -3.49. The Morgan fingerprint density at radius 3 is 2.61 bits per heavy atom. The van der Waals surface area contributed by atoms with Crippen molar-refractivity contribution in [3.63, 3.8) is 0 Å². The molecule has 0 spiro atoms. The van der Waals surface area contributed by atoms with Crippen molar-refractivity contribution in [3.8, 4) is 11.3 Å². The monoisotopic (exact) mass is 424 g/mol. The number of aromatic nitrogens is 3. The minimum Gasteiger partial charge on any atom is -0.444 e. The Kier molecular flexibility index (Phi) is 5.34. The highest BCUT2D eigenvalue weighted by Crippen LogP contribution is 2.29. The van der Waals surface area contributed by atoms with Gasteiger partial charge in [0.1, 0.15) is 16.9 Å². The fourth-order valence-corrected chi connectivity index (χ4v) is 3.56. The Labute approximate surface area is 179 Å². The molecule has 1 unspecified atom stereocenters. The van der Waals surface area contributed by atoms with Crippen molar-refractivity contribution in [2.24, 2.45) is 0 Å². The number of hydrogen-bond donors (Lipinski definition) is 2. The highest BCUT2D eigenvalue weighted by molar-refractivity contribution is 5.88. The van der Waals surface area contributed by atoms with Gasteiger partial charge >= 0.3 is 6.09 Å². The molecule has 0 radical (unpaired) electrons. The number of alkyl carbamates (subject to hydrolysis) is 1. The number of fused-ring (bicyclic) bond motifs is 1. The molecule has 2 aromatic heterocycles. The molecule has 162 valence electrons. The van der Waals surface area contributed by atoms with Crippen molar-refractivity contribution in [1.82, 2.24) is 20.3 Å². The van der Waals surface area contributed by atoms with Crippen LogP contribution in [0.5, 0.6) is 0 Å². The average Bonchev–Trinajstić information content (AvgIpc) is 3.14. The summed E-state index contributed by atoms with van der Waals surface area (Å²) in [7, 11) is 0. The number of carbonyl (C=O) groups excluding carboxylic acids is 1. The molecule has 3 N–H and O–H groups in total. The van der Waals surface area contributed by atoms with Crippen LogP contribution >= 0.6 is 0 Å². The number of nitrogens with one attached hydrogen (secondary N) is 1. The number of rotatable bonds is 3. The van der Waals surface area contributed by atoms with Crippen LogP contribution in [-0.2, 0) is 4.74 Å². The lowest BCUT2D eigenvalue weighted by atomic mass is 10.1. The molecular formula is C22H25FN6O2. The standard InChI is InChI=1S/C22H25FN6O2/c1-22(2,3)31-21(30)25-15-10-11-29(12-15)19-18-17(27-20(24)28-19)9-8-16(26-18)13-4-6-14(23)7-5-13/h4-9,15H,10-12H2,1-3H3,(H,25,30)(H2,24,27,28). The number of anilines is 2. The van der Waals surface area contributed by atoms with E-state index in [4.69, 9.17) is 15.5 Å². The molecule has 8 nitrogen and oxygen atoms in total. The van der Waals surface area contributed by atoms with Crippen molar-refractivity contribution >= 4 is 28.9 Å². The molecule has 0 saturated carbocycles. The molecule has 0 aliphatic carbocycles. The molecule has 3 heterocycles. The fraction of sp³-hybridized carbons (Fsp3) is 0.364. The molecule has 31 heavy (non-hydrogen) atoms. The van der Waals surface area contributed by atoms with E-state index >= 15 is 0 Å². The fourth-order valence-electron chi connectivity index (χ4n) is 3.56. The van der Waals surface area contributed by atoms with Gasteiger partial charge in [-0.05, 0) is 63.6 Å². The van der Waals surface area contributed by atoms with Crippen LogP contribution in [0.25, 0.3) is 22.3 Å². The van der Waals surface area contributed by atoms with Crippen LogP contribution in [0.1, 0.15) is 27.2 Å². The number of ether oxygens (including phenoxy) is 1. The molecule has 1 aromatic carbocycles. The minimum atomic E-state index is -0.555. The zero-order valence-electron chi connectivity index (χ0n) is 17.7. The molecule has 1 amide bonds. The largest absolute Gasteiger partial charge is 0.444 e. The van der Waals surface area contributed by atoms with Crippen molar-refractivity contribution in [2.45, 2.75) is 38.8 Å². The van der Waals surface area contributed by atoms with Gasteiger partial charge in [0.2, 0.25) is 5.95 Å². The van der Waals surface area contributed by atoms with Crippen LogP contribution in [0.4, 0.5) is 21.0 Å². The van der Waals surface area contributed by atoms with Crippen LogP contribution in [0.2, 0.25) is 0 Å². The summed E-state index contributed by atoms with van der Waals surface area (Å²) in [6.07, 6.45) is 0.297. The second kappa shape index (κ2) is 7.98. The first-order valence-corrected chi connectivity index (χ1v) is 10.1. The van der Waals surface area contributed by atoms with Crippen molar-refractivity contribution in [3.05, 3.63) is 42.2 Å². The highest BCUT2D eigenvalue weighted by atomic mass is 19.1. The quantitative estimate of drug-likeness (QED) is 0.663. The van der Waals surface area contributed by atoms with Crippen molar-refractivity contribution < 1.29 is 13.9 Å². The molecule has 3 aromatic rings. The van der Waals surface area contributed by atoms with Crippen LogP contribution < -0.4 is 16.0 Å². The molecular weight excluding hydrogens is 399 g/mol. The summed E-state index contributed by atoms with van der Waals surface area (Å²) in [6, 6.07) is 9.72. The second-order valence-corrected chi connectivity index (χ2v) is 8.55. The maximum absolute atomic E-state index is 13.3. The molecule has 0 bridgehead atoms. The maximum Gasteiger partial charge on any atom is 0.407 e. The molecule has 1 aliphatic heterocycles. The number of halogens is 1. The van der Waals surface area contributed by atoms with Crippen molar-refractivity contribution in [1.29, 1.82) is 0 Å². The maximum atomic E-state index is 13.3. The van der Waals surface area contributed by atoms with Gasteiger partial charge in [-0.2, -0.15) is 4.98 Å². The number of benzene rings is 1. The first-order valence-electron chi connectivity index (χ1n) is 10.1. The molecule has 9 heteroatoms. The number of amides is 1. The third-order valence-corrected chi connectivity index (χ3v) is 4.89. The summed E-state index contributed by atoms with van der Waals surface area (Å²) in [4.78, 5) is 27.6. The van der Waals surface area contributed by atoms with Gasteiger partial charge in [0.05, 0.1) is 17.3 Å². The normalized spacial score (nSPS) is 16.5. The zero-order chi connectivity index (χ0) is 22.2. The van der Waals surface area contributed by atoms with E-state index in [1.165, 1.54) is 12.1 Å². The molecule has 4 rings (SSSR count). The first-order chi connectivity index (χ1) is 14.7. The van der Waals surface area contributed by atoms with Crippen molar-refractivity contribution in [2.75, 3.05) is 23.7 Å². The van der Waals surface area contributed by atoms with E-state index in [1.807, 2.05) is 37.8 Å². The predicted molar refractivity (Wildman–Crippen MR) is 117 cm³/mol. The van der Waals surface area contributed by atoms with Gasteiger partial charge in [-0.1, -0.05) is 0 Å². The molecule has 1 saturated heterocycles. The predicted octanol–water partition coefficient (Wildman–Crippen LogP) is 3.52. The van der Waals surface area contributed by atoms with Crippen LogP contribution in [0, 0.1) is 5.82 Å². The van der Waals surface area contributed by atoms with E-state index in [1.54, 1.807) is 12.1 Å². The highest BCUT2D eigenvalue weighted by Gasteiger charge is 2.28. The van der Waals surface area contributed by atoms with E-state index in [9.17, 15) is 9.18 Å². The van der Waals surface area contributed by atoms with Gasteiger partial charge in [-0.25, -0.2) is 19.2 Å². The van der Waals surface area contributed by atoms with E-state index in [0.29, 0.717) is 35.6 Å². The second-order valence-electron chi connectivity index (χ2n) is 8.55. The summed E-state index contributed by atoms with van der Waals surface area (Å²) < 4.78 is 18.6. The lowest BCUT2D eigenvalue weighted by Crippen LogP contribution is -2.40. The summed E-state index contributed by atoms with van der Waals surface area (Å²) in [5, 5.41) is 2.91. The number of nitrogens with two attached hydrogens (primary N) is 1. The minimum absolute atomic E-state index is 0.0821. The van der Waals surface area contributed by atoms with E-state index in [-0.39, 0.29) is 17.8 Å². The van der Waals surface area contributed by atoms with Gasteiger partial charge in [0, 0.05) is 18.7 Å². The number of carbonyl (C=O) groups is 1. The Morgan fingerprint density at radius 2 is 1.90 bits per heavy atom. The average molecular weight is 424 g/mol. The summed E-state index contributed by atoms with van der Waals surface area (Å²) in [5.41, 5.74) is 8.08. The number of hydrogen-bond acceptors (Lipinski definition) is 7. The van der Waals surface area contributed by atoms with Gasteiger partial charge in [-0.15, -0.1) is 0 Å². The van der Waals surface area contributed by atoms with E-state index in [2.05, 4.69) is 15.3 Å². The summed E-state index contributed by atoms with van der Waals surface area (Å²) in [6.45, 7) is 6.71. The van der Waals surface area contributed by atoms with E-state index < -0.39 is 11.7 Å². The third kappa shape index (κ3) is 4.82. The number of pyridine rings is 1. The Morgan fingerprint density at radius 1 is 1.16 bits per heavy atom. The van der Waals surface area contributed by atoms with E-state index in [0.717, 1.165) is 12.0 Å². The van der Waals surface area contributed by atoms with Crippen LogP contribution in [-0.4, -0.2) is 45.8 Å². The van der Waals surface area contributed by atoms with Gasteiger partial charge < -0.3 is 20.7 Å². The summed E-state index contributed by atoms with van der Waals surface area (Å²) in [5.74, 6) is 0.462. The third-order valence-electron chi connectivity index (χ3n) is 4.89. The van der Waals surface area contributed by atoms with Crippen LogP contribution in [0.15, 0.2) is 36.4 Å². The van der Waals surface area contributed by atoms with Crippen LogP contribution in [0.3, 0.4) is 0 Å². The zero-order valence-corrected chi connectivity index (χ0v) is 17.7. The first kappa shape index (κ1) is 20.8. The molecule has 1 aliphatic rings. The SMILES string of the molecule is CC(C)(C)OC(=O)NC1CCN(c2nc(N)nc3ccc(-c4ccc(F)cc4)nc23)C1. The van der Waals surface area contributed by atoms with Gasteiger partial charge in [-0.3, -0.25) is 0 Å². The van der Waals surface area contributed by atoms with Gasteiger partial charge in [0.25, 0.3) is 0 Å². The van der Waals surface area contributed by atoms with Gasteiger partial charge in [0.15, 0.2) is 5.82 Å². The smallest absolute Gasteiger partial charge is 0.407 e. The lowest BCUT2D eigenvalue weighted by molar-refractivity contribution is 0.0509. The summed E-state index contributed by atoms with van der Waals surface area (Å²) >= 11 is 0. The lowest BCUT2D eigenvalue weighted by Gasteiger charge is -2.22. The number of nitrogen functional groups attached to an aromatic ring is 1. The Bertz CT molecular complexity index is 1110.